The Morgan fingerprint density at radius 3 is 2.64 bits per heavy atom. The summed E-state index contributed by atoms with van der Waals surface area (Å²) >= 11 is 7.45. The van der Waals surface area contributed by atoms with Crippen molar-refractivity contribution < 1.29 is 24.2 Å². The molecule has 1 saturated heterocycles. The monoisotopic (exact) mass is 522 g/mol. The highest BCUT2D eigenvalue weighted by Gasteiger charge is 2.32. The van der Waals surface area contributed by atoms with Gasteiger partial charge in [0, 0.05) is 17.1 Å². The minimum Gasteiger partial charge on any atom is -0.493 e. The van der Waals surface area contributed by atoms with Gasteiger partial charge in [0.2, 0.25) is 0 Å². The predicted octanol–water partition coefficient (Wildman–Crippen LogP) is 6.25. The maximum absolute atomic E-state index is 13.0. The van der Waals surface area contributed by atoms with Crippen molar-refractivity contribution in [2.75, 3.05) is 13.7 Å². The van der Waals surface area contributed by atoms with Crippen LogP contribution in [0.2, 0.25) is 5.02 Å². The molecule has 3 aromatic rings. The topological polar surface area (TPSA) is 88.4 Å². The summed E-state index contributed by atoms with van der Waals surface area (Å²) in [6.07, 6.45) is 1.77. The number of halogens is 1. The molecular weight excluding hydrogens is 500 g/mol. The second-order valence-electron chi connectivity index (χ2n) is 7.70. The lowest BCUT2D eigenvalue weighted by Gasteiger charge is -2.12. The average Bonchev–Trinajstić information content (AvgIpc) is 3.17. The van der Waals surface area contributed by atoms with Crippen molar-refractivity contribution in [3.05, 3.63) is 93.3 Å². The van der Waals surface area contributed by atoms with Gasteiger partial charge in [0.05, 0.1) is 23.3 Å². The molecule has 36 heavy (non-hydrogen) atoms. The normalized spacial score (nSPS) is 15.5. The fraction of sp³-hybridized carbons (Fsp3) is 0.148. The third kappa shape index (κ3) is 5.72. The number of hydrogen-bond acceptors (Lipinski definition) is 6. The van der Waals surface area contributed by atoms with Crippen molar-refractivity contribution in [3.63, 3.8) is 0 Å². The third-order valence-corrected chi connectivity index (χ3v) is 6.72. The molecule has 3 aromatic carbocycles. The Kier molecular flexibility index (Phi) is 7.97. The van der Waals surface area contributed by atoms with Crippen LogP contribution in [-0.2, 0) is 11.4 Å². The molecule has 1 amide bonds. The van der Waals surface area contributed by atoms with Crippen molar-refractivity contribution in [2.45, 2.75) is 13.5 Å². The van der Waals surface area contributed by atoms with Crippen LogP contribution in [0.5, 0.6) is 11.5 Å². The van der Waals surface area contributed by atoms with Crippen LogP contribution in [0.1, 0.15) is 28.4 Å². The Morgan fingerprint density at radius 1 is 1.11 bits per heavy atom. The van der Waals surface area contributed by atoms with E-state index in [1.165, 1.54) is 23.9 Å². The Bertz CT molecular complexity index is 1370. The highest BCUT2D eigenvalue weighted by molar-refractivity contribution is 8.18. The first-order valence-corrected chi connectivity index (χ1v) is 12.3. The Labute approximate surface area is 218 Å². The molecule has 0 aliphatic carbocycles. The van der Waals surface area contributed by atoms with Crippen LogP contribution in [0, 0.1) is 0 Å². The van der Waals surface area contributed by atoms with Crippen molar-refractivity contribution in [1.82, 2.24) is 4.90 Å². The number of rotatable bonds is 8. The number of aromatic carboxylic acids is 1. The molecule has 0 radical (unpaired) electrons. The standard InChI is InChI=1S/C27H23ClN2O5S/c1-3-30-25(31)24(36-27(30)29-20-9-6-8-18(15-20)26(32)33)14-17-11-12-22(23(13-17)34-2)35-16-19-7-4-5-10-21(19)28/h4-15H,3,16H2,1-2H3,(H,32,33). The number of benzene rings is 3. The first-order chi connectivity index (χ1) is 17.4. The van der Waals surface area contributed by atoms with E-state index in [0.717, 1.165) is 11.1 Å². The highest BCUT2D eigenvalue weighted by atomic mass is 35.5. The van der Waals surface area contributed by atoms with Gasteiger partial charge in [-0.15, -0.1) is 0 Å². The smallest absolute Gasteiger partial charge is 0.335 e. The summed E-state index contributed by atoms with van der Waals surface area (Å²) in [6, 6.07) is 19.2. The quantitative estimate of drug-likeness (QED) is 0.352. The molecule has 7 nitrogen and oxygen atoms in total. The van der Waals surface area contributed by atoms with Gasteiger partial charge in [-0.05, 0) is 66.7 Å². The summed E-state index contributed by atoms with van der Waals surface area (Å²) in [5.74, 6) is -0.124. The zero-order valence-electron chi connectivity index (χ0n) is 19.6. The summed E-state index contributed by atoms with van der Waals surface area (Å²) in [4.78, 5) is 30.9. The zero-order chi connectivity index (χ0) is 25.7. The predicted molar refractivity (Wildman–Crippen MR) is 142 cm³/mol. The fourth-order valence-corrected chi connectivity index (χ4v) is 4.76. The minimum atomic E-state index is -1.03. The molecule has 9 heteroatoms. The van der Waals surface area contributed by atoms with Gasteiger partial charge in [0.25, 0.3) is 5.91 Å². The van der Waals surface area contributed by atoms with Crippen LogP contribution < -0.4 is 9.47 Å². The number of carboxylic acid groups (broad SMARTS) is 1. The molecule has 1 fully saturated rings. The first-order valence-electron chi connectivity index (χ1n) is 11.1. The van der Waals surface area contributed by atoms with E-state index < -0.39 is 5.97 Å². The van der Waals surface area contributed by atoms with Gasteiger partial charge in [-0.25, -0.2) is 9.79 Å². The summed E-state index contributed by atoms with van der Waals surface area (Å²) in [6.45, 7) is 2.58. The summed E-state index contributed by atoms with van der Waals surface area (Å²) in [7, 11) is 1.55. The lowest BCUT2D eigenvalue weighted by molar-refractivity contribution is -0.122. The molecule has 0 saturated carbocycles. The van der Waals surface area contributed by atoms with Crippen LogP contribution in [0.4, 0.5) is 5.69 Å². The molecule has 0 unspecified atom stereocenters. The van der Waals surface area contributed by atoms with Crippen LogP contribution in [0.3, 0.4) is 0 Å². The van der Waals surface area contributed by atoms with Crippen molar-refractivity contribution >= 4 is 52.2 Å². The second-order valence-corrected chi connectivity index (χ2v) is 9.12. The van der Waals surface area contributed by atoms with E-state index in [9.17, 15) is 14.7 Å². The number of likely N-dealkylation sites (N-methyl/N-ethyl adjacent to an activating group) is 1. The number of carbonyl (C=O) groups is 2. The highest BCUT2D eigenvalue weighted by Crippen LogP contribution is 2.36. The molecule has 1 aliphatic heterocycles. The fourth-order valence-electron chi connectivity index (χ4n) is 3.50. The number of carboxylic acids is 1. The maximum atomic E-state index is 13.0. The number of amides is 1. The zero-order valence-corrected chi connectivity index (χ0v) is 21.2. The number of nitrogens with zero attached hydrogens (tertiary/aromatic N) is 2. The third-order valence-electron chi connectivity index (χ3n) is 5.35. The first kappa shape index (κ1) is 25.3. The Hall–Kier alpha value is -3.75. The lowest BCUT2D eigenvalue weighted by Crippen LogP contribution is -2.28. The molecule has 0 atom stereocenters. The van der Waals surface area contributed by atoms with Gasteiger partial charge in [-0.3, -0.25) is 9.69 Å². The van der Waals surface area contributed by atoms with Crippen molar-refractivity contribution in [3.8, 4) is 11.5 Å². The van der Waals surface area contributed by atoms with Crippen LogP contribution >= 0.6 is 23.4 Å². The molecule has 1 heterocycles. The van der Waals surface area contributed by atoms with E-state index in [1.807, 2.05) is 37.3 Å². The van der Waals surface area contributed by atoms with Crippen molar-refractivity contribution in [2.24, 2.45) is 4.99 Å². The van der Waals surface area contributed by atoms with Gasteiger partial charge in [-0.2, -0.15) is 0 Å². The van der Waals surface area contributed by atoms with Gasteiger partial charge in [-0.1, -0.05) is 41.9 Å². The van der Waals surface area contributed by atoms with E-state index in [2.05, 4.69) is 4.99 Å². The van der Waals surface area contributed by atoms with Crippen LogP contribution in [0.15, 0.2) is 76.6 Å². The molecule has 4 rings (SSSR count). The Morgan fingerprint density at radius 2 is 1.92 bits per heavy atom. The second kappa shape index (κ2) is 11.3. The molecule has 1 N–H and O–H groups in total. The number of amidine groups is 1. The number of hydrogen-bond donors (Lipinski definition) is 1. The summed E-state index contributed by atoms with van der Waals surface area (Å²) < 4.78 is 11.4. The number of thioether (sulfide) groups is 1. The van der Waals surface area contributed by atoms with Crippen molar-refractivity contribution in [1.29, 1.82) is 0 Å². The van der Waals surface area contributed by atoms with E-state index in [0.29, 0.717) is 45.4 Å². The van der Waals surface area contributed by atoms with E-state index >= 15 is 0 Å². The molecule has 0 aromatic heterocycles. The van der Waals surface area contributed by atoms with E-state index in [-0.39, 0.29) is 11.5 Å². The lowest BCUT2D eigenvalue weighted by atomic mass is 10.1. The number of ether oxygens (including phenoxy) is 2. The number of carbonyl (C=O) groups excluding carboxylic acids is 1. The van der Waals surface area contributed by atoms with Crippen LogP contribution in [-0.4, -0.2) is 40.7 Å². The molecule has 0 spiro atoms. The minimum absolute atomic E-state index is 0.133. The summed E-state index contributed by atoms with van der Waals surface area (Å²) in [5.41, 5.74) is 2.22. The summed E-state index contributed by atoms with van der Waals surface area (Å²) in [5, 5.41) is 10.3. The molecule has 1 aliphatic rings. The SMILES string of the molecule is CCN1C(=O)C(=Cc2ccc(OCc3ccccc3Cl)c(OC)c2)SC1=Nc1cccc(C(=O)O)c1. The van der Waals surface area contributed by atoms with E-state index in [1.54, 1.807) is 42.4 Å². The maximum Gasteiger partial charge on any atom is 0.335 e. The number of aliphatic imine (C=N–C) groups is 1. The molecule has 184 valence electrons. The molecule has 0 bridgehead atoms. The average molecular weight is 523 g/mol. The molecular formula is C27H23ClN2O5S. The van der Waals surface area contributed by atoms with Gasteiger partial charge in [0.15, 0.2) is 16.7 Å². The number of methoxy groups -OCH3 is 1. The largest absolute Gasteiger partial charge is 0.493 e. The van der Waals surface area contributed by atoms with Crippen LogP contribution in [0.25, 0.3) is 6.08 Å². The van der Waals surface area contributed by atoms with Gasteiger partial charge in [0.1, 0.15) is 6.61 Å². The van der Waals surface area contributed by atoms with Gasteiger partial charge >= 0.3 is 5.97 Å². The van der Waals surface area contributed by atoms with E-state index in [4.69, 9.17) is 21.1 Å². The van der Waals surface area contributed by atoms with Gasteiger partial charge < -0.3 is 14.6 Å². The Balaban J connectivity index is 1.56.